The summed E-state index contributed by atoms with van der Waals surface area (Å²) in [6.07, 6.45) is 0.759. The fourth-order valence-electron chi connectivity index (χ4n) is 2.70. The van der Waals surface area contributed by atoms with E-state index < -0.39 is 0 Å². The molecule has 0 aliphatic carbocycles. The molecule has 1 unspecified atom stereocenters. The van der Waals surface area contributed by atoms with Crippen LogP contribution in [0.2, 0.25) is 0 Å². The molecule has 4 nitrogen and oxygen atoms in total. The van der Waals surface area contributed by atoms with Crippen molar-refractivity contribution in [2.24, 2.45) is 0 Å². The second-order valence-corrected chi connectivity index (χ2v) is 6.52. The first-order chi connectivity index (χ1) is 10.1. The Morgan fingerprint density at radius 3 is 2.70 bits per heavy atom. The molecule has 2 aromatic rings. The average Bonchev–Trinajstić information content (AvgIpc) is 2.91. The van der Waals surface area contributed by atoms with Gasteiger partial charge in [-0.15, -0.1) is 36.2 Å². The number of benzene rings is 1. The molecule has 1 atom stereocenters. The zero-order valence-corrected chi connectivity index (χ0v) is 15.6. The molecule has 1 aromatic heterocycles. The largest absolute Gasteiger partial charge is 0.338 e. The molecule has 3 rings (SSSR count). The van der Waals surface area contributed by atoms with Gasteiger partial charge in [0.2, 0.25) is 5.91 Å². The van der Waals surface area contributed by atoms with Crippen molar-refractivity contribution in [2.45, 2.75) is 32.5 Å². The van der Waals surface area contributed by atoms with E-state index in [1.807, 2.05) is 31.5 Å². The van der Waals surface area contributed by atoms with Gasteiger partial charge in [-0.3, -0.25) is 4.79 Å². The summed E-state index contributed by atoms with van der Waals surface area (Å²) in [6.45, 7) is 3.31. The Balaban J connectivity index is 0.00000132. The Kier molecular flexibility index (Phi) is 7.48. The maximum absolute atomic E-state index is 12.6. The molecule has 0 saturated heterocycles. The highest BCUT2D eigenvalue weighted by atomic mass is 35.5. The second-order valence-electron chi connectivity index (χ2n) is 5.46. The SMILES string of the molecule is Cc1nc(CN(C)C(=O)C2Cc3ccccc3CN2)cs1.Cl.Cl. The molecule has 1 aliphatic heterocycles. The summed E-state index contributed by atoms with van der Waals surface area (Å²) >= 11 is 1.62. The standard InChI is InChI=1S/C16H19N3OS.2ClH/c1-11-18-14(10-21-11)9-19(2)16(20)15-7-12-5-3-4-6-13(12)8-17-15;;/h3-6,10,15,17H,7-9H2,1-2H3;2*1H. The first-order valence-electron chi connectivity index (χ1n) is 7.09. The van der Waals surface area contributed by atoms with Crippen molar-refractivity contribution in [3.05, 3.63) is 51.5 Å². The maximum Gasteiger partial charge on any atom is 0.240 e. The van der Waals surface area contributed by atoms with E-state index in [0.29, 0.717) is 6.54 Å². The van der Waals surface area contributed by atoms with Gasteiger partial charge in [0.05, 0.1) is 23.3 Å². The van der Waals surface area contributed by atoms with Gasteiger partial charge in [-0.1, -0.05) is 24.3 Å². The van der Waals surface area contributed by atoms with Crippen LogP contribution >= 0.6 is 36.2 Å². The monoisotopic (exact) mass is 373 g/mol. The first-order valence-corrected chi connectivity index (χ1v) is 7.97. The van der Waals surface area contributed by atoms with Crippen LogP contribution in [0, 0.1) is 6.92 Å². The number of hydrogen-bond acceptors (Lipinski definition) is 4. The summed E-state index contributed by atoms with van der Waals surface area (Å²) < 4.78 is 0. The van der Waals surface area contributed by atoms with Crippen LogP contribution in [0.3, 0.4) is 0 Å². The molecule has 0 bridgehead atoms. The number of likely N-dealkylation sites (N-methyl/N-ethyl adjacent to an activating group) is 1. The van der Waals surface area contributed by atoms with Gasteiger partial charge in [0.1, 0.15) is 0 Å². The van der Waals surface area contributed by atoms with Gasteiger partial charge in [-0.05, 0) is 24.5 Å². The summed E-state index contributed by atoms with van der Waals surface area (Å²) in [7, 11) is 1.85. The first kappa shape index (κ1) is 19.9. The number of aromatic nitrogens is 1. The van der Waals surface area contributed by atoms with Gasteiger partial charge in [-0.2, -0.15) is 0 Å². The van der Waals surface area contributed by atoms with E-state index in [1.54, 1.807) is 16.2 Å². The minimum Gasteiger partial charge on any atom is -0.338 e. The van der Waals surface area contributed by atoms with Crippen LogP contribution in [0.1, 0.15) is 21.8 Å². The number of thiazole rings is 1. The molecule has 23 heavy (non-hydrogen) atoms. The maximum atomic E-state index is 12.6. The number of nitrogens with zero attached hydrogens (tertiary/aromatic N) is 2. The van der Waals surface area contributed by atoms with Crippen molar-refractivity contribution in [3.8, 4) is 0 Å². The normalized spacial score (nSPS) is 15.8. The van der Waals surface area contributed by atoms with Gasteiger partial charge < -0.3 is 10.2 Å². The molecular formula is C16H21Cl2N3OS. The second kappa shape index (κ2) is 8.64. The molecule has 1 N–H and O–H groups in total. The van der Waals surface area contributed by atoms with Crippen LogP contribution in [-0.2, 0) is 24.3 Å². The highest BCUT2D eigenvalue weighted by Gasteiger charge is 2.26. The smallest absolute Gasteiger partial charge is 0.240 e. The van der Waals surface area contributed by atoms with Crippen LogP contribution in [0.15, 0.2) is 29.6 Å². The molecule has 0 fully saturated rings. The van der Waals surface area contributed by atoms with E-state index in [2.05, 4.69) is 22.4 Å². The predicted molar refractivity (Wildman–Crippen MR) is 98.6 cm³/mol. The summed E-state index contributed by atoms with van der Waals surface area (Å²) in [6, 6.07) is 8.17. The molecule has 0 radical (unpaired) electrons. The van der Waals surface area contributed by atoms with Crippen LogP contribution in [0.25, 0.3) is 0 Å². The number of aryl methyl sites for hydroxylation is 1. The molecule has 2 heterocycles. The highest BCUT2D eigenvalue weighted by Crippen LogP contribution is 2.18. The summed E-state index contributed by atoms with van der Waals surface area (Å²) in [5.41, 5.74) is 3.52. The fraction of sp³-hybridized carbons (Fsp3) is 0.375. The number of rotatable bonds is 3. The van der Waals surface area contributed by atoms with Crippen LogP contribution in [-0.4, -0.2) is 28.9 Å². The van der Waals surface area contributed by atoms with E-state index in [9.17, 15) is 4.79 Å². The molecule has 7 heteroatoms. The van der Waals surface area contributed by atoms with E-state index in [1.165, 1.54) is 11.1 Å². The van der Waals surface area contributed by atoms with Crippen LogP contribution < -0.4 is 5.32 Å². The molecule has 1 aliphatic rings. The number of nitrogens with one attached hydrogen (secondary N) is 1. The van der Waals surface area contributed by atoms with Gasteiger partial charge in [0.25, 0.3) is 0 Å². The molecular weight excluding hydrogens is 353 g/mol. The topological polar surface area (TPSA) is 45.2 Å². The average molecular weight is 374 g/mol. The summed E-state index contributed by atoms with van der Waals surface area (Å²) in [5, 5.41) is 6.39. The van der Waals surface area contributed by atoms with Crippen LogP contribution in [0.5, 0.6) is 0 Å². The van der Waals surface area contributed by atoms with Crippen molar-refractivity contribution in [1.82, 2.24) is 15.2 Å². The zero-order valence-electron chi connectivity index (χ0n) is 13.1. The van der Waals surface area contributed by atoms with Crippen molar-refractivity contribution in [3.63, 3.8) is 0 Å². The Morgan fingerprint density at radius 2 is 2.04 bits per heavy atom. The predicted octanol–water partition coefficient (Wildman–Crippen LogP) is 2.97. The third kappa shape index (κ3) is 4.67. The van der Waals surface area contributed by atoms with Crippen molar-refractivity contribution >= 4 is 42.1 Å². The summed E-state index contributed by atoms with van der Waals surface area (Å²) in [4.78, 5) is 18.7. The van der Waals surface area contributed by atoms with E-state index in [0.717, 1.165) is 23.7 Å². The molecule has 0 saturated carbocycles. The molecule has 1 amide bonds. The van der Waals surface area contributed by atoms with Gasteiger partial charge in [0.15, 0.2) is 0 Å². The fourth-order valence-corrected chi connectivity index (χ4v) is 3.30. The van der Waals surface area contributed by atoms with E-state index >= 15 is 0 Å². The van der Waals surface area contributed by atoms with Gasteiger partial charge in [0, 0.05) is 19.0 Å². The third-order valence-electron chi connectivity index (χ3n) is 3.82. The minimum atomic E-state index is -0.135. The number of amides is 1. The number of fused-ring (bicyclic) bond motifs is 1. The quantitative estimate of drug-likeness (QED) is 0.899. The molecule has 0 spiro atoms. The molecule has 1 aromatic carbocycles. The summed E-state index contributed by atoms with van der Waals surface area (Å²) in [5.74, 6) is 0.134. The number of hydrogen-bond donors (Lipinski definition) is 1. The molecule has 126 valence electrons. The zero-order chi connectivity index (χ0) is 14.8. The number of carbonyl (C=O) groups is 1. The van der Waals surface area contributed by atoms with Crippen molar-refractivity contribution < 1.29 is 4.79 Å². The lowest BCUT2D eigenvalue weighted by atomic mass is 9.95. The Hall–Kier alpha value is -1.14. The Morgan fingerprint density at radius 1 is 1.35 bits per heavy atom. The van der Waals surface area contributed by atoms with Crippen molar-refractivity contribution in [1.29, 1.82) is 0 Å². The number of carbonyl (C=O) groups excluding carboxylic acids is 1. The number of halogens is 2. The lowest BCUT2D eigenvalue weighted by Crippen LogP contribution is -2.48. The van der Waals surface area contributed by atoms with E-state index in [-0.39, 0.29) is 36.8 Å². The van der Waals surface area contributed by atoms with Crippen molar-refractivity contribution in [2.75, 3.05) is 7.05 Å². The third-order valence-corrected chi connectivity index (χ3v) is 4.64. The lowest BCUT2D eigenvalue weighted by Gasteiger charge is -2.28. The minimum absolute atomic E-state index is 0. The Bertz CT molecular complexity index is 662. The Labute approximate surface area is 153 Å². The van der Waals surface area contributed by atoms with Gasteiger partial charge in [-0.25, -0.2) is 4.98 Å². The van der Waals surface area contributed by atoms with Gasteiger partial charge >= 0.3 is 0 Å². The lowest BCUT2D eigenvalue weighted by molar-refractivity contribution is -0.132. The highest BCUT2D eigenvalue weighted by molar-refractivity contribution is 7.09. The van der Waals surface area contributed by atoms with E-state index in [4.69, 9.17) is 0 Å². The van der Waals surface area contributed by atoms with Crippen LogP contribution in [0.4, 0.5) is 0 Å².